The fourth-order valence-corrected chi connectivity index (χ4v) is 1.33. The first-order valence-electron chi connectivity index (χ1n) is 5.56. The molecule has 0 spiro atoms. The summed E-state index contributed by atoms with van der Waals surface area (Å²) in [5, 5.41) is 6.29. The van der Waals surface area contributed by atoms with Gasteiger partial charge in [-0.3, -0.25) is 0 Å². The molecule has 0 saturated carbocycles. The van der Waals surface area contributed by atoms with Crippen molar-refractivity contribution in [2.45, 2.75) is 26.2 Å². The third-order valence-electron chi connectivity index (χ3n) is 2.13. The first-order chi connectivity index (χ1) is 7.36. The van der Waals surface area contributed by atoms with Gasteiger partial charge in [-0.25, -0.2) is 9.97 Å². The van der Waals surface area contributed by atoms with E-state index in [0.29, 0.717) is 0 Å². The number of nitrogens with one attached hydrogen (secondary N) is 2. The Morgan fingerprint density at radius 2 is 1.93 bits per heavy atom. The first kappa shape index (κ1) is 11.9. The van der Waals surface area contributed by atoms with E-state index in [-0.39, 0.29) is 0 Å². The minimum absolute atomic E-state index is 0.728. The van der Waals surface area contributed by atoms with Crippen molar-refractivity contribution >= 4 is 5.95 Å². The normalized spacial score (nSPS) is 10.3. The van der Waals surface area contributed by atoms with Crippen LogP contribution in [0.15, 0.2) is 12.4 Å². The maximum atomic E-state index is 4.25. The highest BCUT2D eigenvalue weighted by Gasteiger charge is 1.95. The Hall–Kier alpha value is -1.16. The van der Waals surface area contributed by atoms with Gasteiger partial charge in [-0.15, -0.1) is 0 Å². The van der Waals surface area contributed by atoms with Crippen LogP contribution in [-0.2, 0) is 6.42 Å². The van der Waals surface area contributed by atoms with Crippen molar-refractivity contribution in [1.82, 2.24) is 15.3 Å². The van der Waals surface area contributed by atoms with Gasteiger partial charge in [-0.05, 0) is 32.0 Å². The van der Waals surface area contributed by atoms with Gasteiger partial charge in [0.25, 0.3) is 0 Å². The first-order valence-corrected chi connectivity index (χ1v) is 5.56. The lowest BCUT2D eigenvalue weighted by Crippen LogP contribution is -2.13. The van der Waals surface area contributed by atoms with Gasteiger partial charge in [0.2, 0.25) is 5.95 Å². The van der Waals surface area contributed by atoms with E-state index in [1.165, 1.54) is 5.56 Å². The van der Waals surface area contributed by atoms with Gasteiger partial charge in [0, 0.05) is 18.9 Å². The van der Waals surface area contributed by atoms with E-state index in [1.54, 1.807) is 0 Å². The van der Waals surface area contributed by atoms with Crippen LogP contribution in [0.4, 0.5) is 5.95 Å². The van der Waals surface area contributed by atoms with E-state index in [4.69, 9.17) is 0 Å². The quantitative estimate of drug-likeness (QED) is 0.666. The van der Waals surface area contributed by atoms with Crippen LogP contribution in [-0.4, -0.2) is 30.1 Å². The molecule has 84 valence electrons. The van der Waals surface area contributed by atoms with E-state index in [9.17, 15) is 0 Å². The predicted molar refractivity (Wildman–Crippen MR) is 63.1 cm³/mol. The van der Waals surface area contributed by atoms with Crippen molar-refractivity contribution < 1.29 is 0 Å². The molecule has 0 aliphatic rings. The molecule has 15 heavy (non-hydrogen) atoms. The van der Waals surface area contributed by atoms with E-state index >= 15 is 0 Å². The molecule has 2 N–H and O–H groups in total. The van der Waals surface area contributed by atoms with Gasteiger partial charge in [0.1, 0.15) is 0 Å². The highest BCUT2D eigenvalue weighted by Crippen LogP contribution is 2.02. The molecule has 0 radical (unpaired) electrons. The zero-order chi connectivity index (χ0) is 10.9. The number of rotatable bonds is 7. The molecule has 0 aliphatic carbocycles. The number of hydrogen-bond donors (Lipinski definition) is 2. The highest BCUT2D eigenvalue weighted by molar-refractivity contribution is 5.24. The summed E-state index contributed by atoms with van der Waals surface area (Å²) in [6, 6.07) is 0. The lowest BCUT2D eigenvalue weighted by atomic mass is 10.2. The Bertz CT molecular complexity index is 258. The Balaban J connectivity index is 2.29. The zero-order valence-electron chi connectivity index (χ0n) is 9.58. The summed E-state index contributed by atoms with van der Waals surface area (Å²) >= 11 is 0. The number of hydrogen-bond acceptors (Lipinski definition) is 4. The fourth-order valence-electron chi connectivity index (χ4n) is 1.33. The molecular weight excluding hydrogens is 188 g/mol. The molecule has 0 unspecified atom stereocenters. The molecule has 0 fully saturated rings. The Morgan fingerprint density at radius 1 is 1.20 bits per heavy atom. The molecule has 0 bridgehead atoms. The van der Waals surface area contributed by atoms with Crippen molar-refractivity contribution in [3.8, 4) is 0 Å². The van der Waals surface area contributed by atoms with Crippen LogP contribution in [0.25, 0.3) is 0 Å². The molecule has 1 heterocycles. The molecule has 0 amide bonds. The van der Waals surface area contributed by atoms with E-state index < -0.39 is 0 Å². The fraction of sp³-hybridized carbons (Fsp3) is 0.636. The molecule has 1 rings (SSSR count). The second kappa shape index (κ2) is 7.17. The summed E-state index contributed by atoms with van der Waals surface area (Å²) in [4.78, 5) is 8.50. The van der Waals surface area contributed by atoms with Gasteiger partial charge >= 0.3 is 0 Å². The standard InChI is InChI=1S/C11H20N4/c1-3-5-10-8-14-11(15-9-10)13-7-4-6-12-2/h8-9,12H,3-7H2,1-2H3,(H,13,14,15). The van der Waals surface area contributed by atoms with Crippen molar-refractivity contribution in [2.75, 3.05) is 25.5 Å². The lowest BCUT2D eigenvalue weighted by Gasteiger charge is -2.04. The average molecular weight is 208 g/mol. The minimum atomic E-state index is 0.728. The third kappa shape index (κ3) is 4.74. The Kier molecular flexibility index (Phi) is 5.70. The van der Waals surface area contributed by atoms with Gasteiger partial charge in [-0.1, -0.05) is 13.3 Å². The maximum Gasteiger partial charge on any atom is 0.222 e. The summed E-state index contributed by atoms with van der Waals surface area (Å²) in [5.74, 6) is 0.728. The monoisotopic (exact) mass is 208 g/mol. The Labute approximate surface area is 91.5 Å². The van der Waals surface area contributed by atoms with Gasteiger partial charge < -0.3 is 10.6 Å². The summed E-state index contributed by atoms with van der Waals surface area (Å²) < 4.78 is 0. The van der Waals surface area contributed by atoms with Gasteiger partial charge in [-0.2, -0.15) is 0 Å². The van der Waals surface area contributed by atoms with Gasteiger partial charge in [0.05, 0.1) is 0 Å². The van der Waals surface area contributed by atoms with Crippen LogP contribution in [0.1, 0.15) is 25.3 Å². The largest absolute Gasteiger partial charge is 0.354 e. The van der Waals surface area contributed by atoms with Crippen molar-refractivity contribution in [2.24, 2.45) is 0 Å². The number of anilines is 1. The van der Waals surface area contributed by atoms with Crippen LogP contribution in [0.2, 0.25) is 0 Å². The third-order valence-corrected chi connectivity index (χ3v) is 2.13. The summed E-state index contributed by atoms with van der Waals surface area (Å²) in [6.45, 7) is 4.08. The summed E-state index contributed by atoms with van der Waals surface area (Å²) in [6.07, 6.45) is 7.07. The lowest BCUT2D eigenvalue weighted by molar-refractivity contribution is 0.744. The average Bonchev–Trinajstić information content (AvgIpc) is 2.27. The topological polar surface area (TPSA) is 49.8 Å². The highest BCUT2D eigenvalue weighted by atomic mass is 15.1. The molecule has 0 saturated heterocycles. The number of aromatic nitrogens is 2. The van der Waals surface area contributed by atoms with E-state index in [2.05, 4.69) is 27.5 Å². The van der Waals surface area contributed by atoms with Crippen LogP contribution in [0, 0.1) is 0 Å². The van der Waals surface area contributed by atoms with Crippen LogP contribution >= 0.6 is 0 Å². The zero-order valence-corrected chi connectivity index (χ0v) is 9.58. The van der Waals surface area contributed by atoms with Gasteiger partial charge in [0.15, 0.2) is 0 Å². The number of nitrogens with zero attached hydrogens (tertiary/aromatic N) is 2. The molecule has 0 atom stereocenters. The molecule has 0 aliphatic heterocycles. The van der Waals surface area contributed by atoms with Crippen LogP contribution in [0.5, 0.6) is 0 Å². The van der Waals surface area contributed by atoms with E-state index in [0.717, 1.165) is 38.3 Å². The van der Waals surface area contributed by atoms with Crippen molar-refractivity contribution in [3.05, 3.63) is 18.0 Å². The summed E-state index contributed by atoms with van der Waals surface area (Å²) in [5.41, 5.74) is 1.21. The Morgan fingerprint density at radius 3 is 2.53 bits per heavy atom. The SMILES string of the molecule is CCCc1cnc(NCCCNC)nc1. The smallest absolute Gasteiger partial charge is 0.222 e. The molecule has 1 aromatic heterocycles. The molecule has 1 aromatic rings. The molecule has 4 heteroatoms. The van der Waals surface area contributed by atoms with Crippen LogP contribution in [0.3, 0.4) is 0 Å². The second-order valence-corrected chi connectivity index (χ2v) is 3.55. The molecule has 4 nitrogen and oxygen atoms in total. The van der Waals surface area contributed by atoms with Crippen molar-refractivity contribution in [3.63, 3.8) is 0 Å². The predicted octanol–water partition coefficient (Wildman–Crippen LogP) is 1.45. The molecule has 0 aromatic carbocycles. The summed E-state index contributed by atoms with van der Waals surface area (Å²) in [7, 11) is 1.95. The van der Waals surface area contributed by atoms with E-state index in [1.807, 2.05) is 19.4 Å². The van der Waals surface area contributed by atoms with Crippen molar-refractivity contribution in [1.29, 1.82) is 0 Å². The maximum absolute atomic E-state index is 4.25. The molecular formula is C11H20N4. The number of aryl methyl sites for hydroxylation is 1. The minimum Gasteiger partial charge on any atom is -0.354 e. The van der Waals surface area contributed by atoms with Crippen LogP contribution < -0.4 is 10.6 Å². The second-order valence-electron chi connectivity index (χ2n) is 3.55.